The first-order valence-electron chi connectivity index (χ1n) is 5.22. The Morgan fingerprint density at radius 1 is 1.25 bits per heavy atom. The van der Waals surface area contributed by atoms with Gasteiger partial charge in [-0.15, -0.1) is 0 Å². The first-order chi connectivity index (χ1) is 9.40. The number of nitrogens with one attached hydrogen (secondary N) is 1. The lowest BCUT2D eigenvalue weighted by atomic mass is 10.3. The van der Waals surface area contributed by atoms with E-state index in [2.05, 4.69) is 14.7 Å². The maximum atomic E-state index is 12.0. The van der Waals surface area contributed by atoms with Crippen molar-refractivity contribution in [3.8, 4) is 0 Å². The normalized spacial score (nSPS) is 11.0. The Bertz CT molecular complexity index is 747. The fourth-order valence-corrected chi connectivity index (χ4v) is 2.49. The second kappa shape index (κ2) is 5.09. The van der Waals surface area contributed by atoms with E-state index in [0.717, 1.165) is 18.2 Å². The standard InChI is InChI=1S/C10H9N5O4S/c11-9-3-8(1-2-10(9)15(16)17)20(18,19)14-7-4-12-6-13-5-7/h1-6,14H,11H2. The molecule has 3 N–H and O–H groups in total. The number of rotatable bonds is 4. The van der Waals surface area contributed by atoms with Crippen LogP contribution in [-0.4, -0.2) is 23.3 Å². The van der Waals surface area contributed by atoms with Crippen molar-refractivity contribution < 1.29 is 13.3 Å². The molecule has 2 rings (SSSR count). The molecule has 0 aliphatic rings. The molecular weight excluding hydrogens is 286 g/mol. The average Bonchev–Trinajstić information content (AvgIpc) is 2.38. The summed E-state index contributed by atoms with van der Waals surface area (Å²) in [7, 11) is -3.91. The van der Waals surface area contributed by atoms with Gasteiger partial charge in [-0.05, 0) is 12.1 Å². The number of aromatic nitrogens is 2. The van der Waals surface area contributed by atoms with Crippen molar-refractivity contribution in [3.63, 3.8) is 0 Å². The van der Waals surface area contributed by atoms with Gasteiger partial charge in [0, 0.05) is 6.07 Å². The predicted octanol–water partition coefficient (Wildman–Crippen LogP) is 0.768. The van der Waals surface area contributed by atoms with E-state index in [1.165, 1.54) is 18.7 Å². The Kier molecular flexibility index (Phi) is 3.48. The van der Waals surface area contributed by atoms with Crippen molar-refractivity contribution in [2.75, 3.05) is 10.5 Å². The molecule has 0 radical (unpaired) electrons. The molecule has 0 saturated heterocycles. The molecule has 104 valence electrons. The number of nitrogens with zero attached hydrogens (tertiary/aromatic N) is 3. The molecule has 9 nitrogen and oxygen atoms in total. The van der Waals surface area contributed by atoms with E-state index >= 15 is 0 Å². The first-order valence-corrected chi connectivity index (χ1v) is 6.70. The Morgan fingerprint density at radius 3 is 2.45 bits per heavy atom. The van der Waals surface area contributed by atoms with E-state index < -0.39 is 14.9 Å². The lowest BCUT2D eigenvalue weighted by molar-refractivity contribution is -0.383. The Balaban J connectivity index is 2.35. The number of nitrogens with two attached hydrogens (primary N) is 1. The van der Waals surface area contributed by atoms with E-state index in [-0.39, 0.29) is 22.0 Å². The van der Waals surface area contributed by atoms with Crippen LogP contribution >= 0.6 is 0 Å². The molecule has 0 aliphatic carbocycles. The smallest absolute Gasteiger partial charge is 0.292 e. The van der Waals surface area contributed by atoms with E-state index in [0.29, 0.717) is 0 Å². The van der Waals surface area contributed by atoms with E-state index in [1.807, 2.05) is 0 Å². The van der Waals surface area contributed by atoms with E-state index in [4.69, 9.17) is 5.73 Å². The second-order valence-corrected chi connectivity index (χ2v) is 5.39. The summed E-state index contributed by atoms with van der Waals surface area (Å²) < 4.78 is 26.3. The zero-order valence-corrected chi connectivity index (χ0v) is 10.7. The molecular formula is C10H9N5O4S. The maximum absolute atomic E-state index is 12.0. The van der Waals surface area contributed by atoms with E-state index in [1.54, 1.807) is 0 Å². The van der Waals surface area contributed by atoms with Gasteiger partial charge < -0.3 is 5.73 Å². The van der Waals surface area contributed by atoms with Crippen molar-refractivity contribution in [3.05, 3.63) is 47.0 Å². The molecule has 0 aliphatic heterocycles. The largest absolute Gasteiger partial charge is 0.393 e. The third-order valence-corrected chi connectivity index (χ3v) is 3.70. The van der Waals surface area contributed by atoms with Gasteiger partial charge in [-0.25, -0.2) is 18.4 Å². The monoisotopic (exact) mass is 295 g/mol. The first kappa shape index (κ1) is 13.7. The summed E-state index contributed by atoms with van der Waals surface area (Å²) in [5.41, 5.74) is 5.04. The van der Waals surface area contributed by atoms with Gasteiger partial charge in [-0.2, -0.15) is 0 Å². The highest BCUT2D eigenvalue weighted by molar-refractivity contribution is 7.92. The van der Waals surface area contributed by atoms with Crippen LogP contribution in [0.1, 0.15) is 0 Å². The average molecular weight is 295 g/mol. The summed E-state index contributed by atoms with van der Waals surface area (Å²) >= 11 is 0. The van der Waals surface area contributed by atoms with Gasteiger partial charge >= 0.3 is 0 Å². The Labute approximate surface area is 113 Å². The summed E-state index contributed by atoms with van der Waals surface area (Å²) in [5.74, 6) is 0. The van der Waals surface area contributed by atoms with Crippen LogP contribution in [0.3, 0.4) is 0 Å². The zero-order chi connectivity index (χ0) is 14.8. The molecule has 0 amide bonds. The van der Waals surface area contributed by atoms with Gasteiger partial charge in [-0.3, -0.25) is 14.8 Å². The minimum absolute atomic E-state index is 0.171. The van der Waals surface area contributed by atoms with Crippen LogP contribution in [0.5, 0.6) is 0 Å². The van der Waals surface area contributed by atoms with Crippen molar-refractivity contribution in [1.82, 2.24) is 9.97 Å². The molecule has 10 heteroatoms. The molecule has 0 spiro atoms. The summed E-state index contributed by atoms with van der Waals surface area (Å²) in [4.78, 5) is 17.1. The Morgan fingerprint density at radius 2 is 1.90 bits per heavy atom. The van der Waals surface area contributed by atoms with Crippen molar-refractivity contribution in [1.29, 1.82) is 0 Å². The third-order valence-electron chi connectivity index (χ3n) is 2.32. The van der Waals surface area contributed by atoms with Gasteiger partial charge in [0.25, 0.3) is 15.7 Å². The van der Waals surface area contributed by atoms with Crippen LogP contribution in [0.15, 0.2) is 41.8 Å². The minimum Gasteiger partial charge on any atom is -0.393 e. The molecule has 1 aromatic carbocycles. The highest BCUT2D eigenvalue weighted by Gasteiger charge is 2.19. The summed E-state index contributed by atoms with van der Waals surface area (Å²) in [6.45, 7) is 0. The number of anilines is 2. The van der Waals surface area contributed by atoms with Crippen LogP contribution in [0.4, 0.5) is 17.1 Å². The van der Waals surface area contributed by atoms with Crippen LogP contribution in [0.25, 0.3) is 0 Å². The topological polar surface area (TPSA) is 141 Å². The van der Waals surface area contributed by atoms with Crippen LogP contribution in [-0.2, 0) is 10.0 Å². The number of nitrogen functional groups attached to an aromatic ring is 1. The summed E-state index contributed by atoms with van der Waals surface area (Å²) in [5, 5.41) is 10.6. The number of hydrogen-bond donors (Lipinski definition) is 2. The maximum Gasteiger partial charge on any atom is 0.292 e. The van der Waals surface area contributed by atoms with Crippen LogP contribution < -0.4 is 10.5 Å². The molecule has 1 aromatic heterocycles. The number of nitro benzene ring substituents is 1. The molecule has 0 unspecified atom stereocenters. The lowest BCUT2D eigenvalue weighted by Gasteiger charge is -2.07. The molecule has 0 saturated carbocycles. The fourth-order valence-electron chi connectivity index (χ4n) is 1.43. The lowest BCUT2D eigenvalue weighted by Crippen LogP contribution is -2.13. The molecule has 20 heavy (non-hydrogen) atoms. The zero-order valence-electron chi connectivity index (χ0n) is 9.92. The van der Waals surface area contributed by atoms with Crippen molar-refractivity contribution in [2.45, 2.75) is 4.90 Å². The Hall–Kier alpha value is -2.75. The molecule has 0 atom stereocenters. The third kappa shape index (κ3) is 2.80. The minimum atomic E-state index is -3.91. The molecule has 2 aromatic rings. The van der Waals surface area contributed by atoms with Gasteiger partial charge in [0.15, 0.2) is 0 Å². The molecule has 0 bridgehead atoms. The highest BCUT2D eigenvalue weighted by Crippen LogP contribution is 2.25. The fraction of sp³-hybridized carbons (Fsp3) is 0. The van der Waals surface area contributed by atoms with Gasteiger partial charge in [0.1, 0.15) is 12.0 Å². The van der Waals surface area contributed by atoms with E-state index in [9.17, 15) is 18.5 Å². The number of hydrogen-bond acceptors (Lipinski definition) is 7. The SMILES string of the molecule is Nc1cc(S(=O)(=O)Nc2cncnc2)ccc1[N+](=O)[O-]. The number of nitro groups is 1. The van der Waals surface area contributed by atoms with Crippen molar-refractivity contribution in [2.24, 2.45) is 0 Å². The van der Waals surface area contributed by atoms with Gasteiger partial charge in [0.2, 0.25) is 0 Å². The second-order valence-electron chi connectivity index (χ2n) is 3.71. The van der Waals surface area contributed by atoms with Gasteiger partial charge in [0.05, 0.1) is 27.9 Å². The highest BCUT2D eigenvalue weighted by atomic mass is 32.2. The van der Waals surface area contributed by atoms with Crippen molar-refractivity contribution >= 4 is 27.1 Å². The quantitative estimate of drug-likeness (QED) is 0.482. The number of benzene rings is 1. The van der Waals surface area contributed by atoms with Crippen LogP contribution in [0, 0.1) is 10.1 Å². The summed E-state index contributed by atoms with van der Waals surface area (Å²) in [6.07, 6.45) is 3.81. The number of sulfonamides is 1. The van der Waals surface area contributed by atoms with Crippen LogP contribution in [0.2, 0.25) is 0 Å². The molecule has 0 fully saturated rings. The molecule has 1 heterocycles. The predicted molar refractivity (Wildman–Crippen MR) is 70.3 cm³/mol. The summed E-state index contributed by atoms with van der Waals surface area (Å²) in [6, 6.07) is 3.15. The van der Waals surface area contributed by atoms with Gasteiger partial charge in [-0.1, -0.05) is 0 Å².